The highest BCUT2D eigenvalue weighted by atomic mass is 35.5. The number of nitrogens with zero attached hydrogens (tertiary/aromatic N) is 3. The van der Waals surface area contributed by atoms with Gasteiger partial charge in [0.2, 0.25) is 5.91 Å². The molecule has 3 aromatic carbocycles. The molecule has 0 N–H and O–H groups in total. The van der Waals surface area contributed by atoms with Gasteiger partial charge in [-0.2, -0.15) is 0 Å². The summed E-state index contributed by atoms with van der Waals surface area (Å²) in [4.78, 5) is 36.5. The summed E-state index contributed by atoms with van der Waals surface area (Å²) in [7, 11) is 5.50. The van der Waals surface area contributed by atoms with E-state index in [-0.39, 0.29) is 11.8 Å². The first-order valence-corrected chi connectivity index (χ1v) is 11.3. The summed E-state index contributed by atoms with van der Waals surface area (Å²) in [6.07, 6.45) is -0.927. The van der Waals surface area contributed by atoms with Crippen LogP contribution >= 0.6 is 11.6 Å². The van der Waals surface area contributed by atoms with Crippen LogP contribution in [0.1, 0.15) is 11.6 Å². The maximum absolute atomic E-state index is 13.7. The fourth-order valence-electron chi connectivity index (χ4n) is 4.52. The van der Waals surface area contributed by atoms with Crippen molar-refractivity contribution in [1.29, 1.82) is 0 Å². The number of halogens is 1. The molecule has 2 fully saturated rings. The largest absolute Gasteiger partial charge is 0.497 e. The third kappa shape index (κ3) is 3.67. The van der Waals surface area contributed by atoms with E-state index < -0.39 is 18.1 Å². The second-order valence-electron chi connectivity index (χ2n) is 8.49. The molecule has 0 radical (unpaired) electrons. The molecular weight excluding hydrogens is 454 g/mol. The van der Waals surface area contributed by atoms with Crippen molar-refractivity contribution in [3.8, 4) is 5.75 Å². The van der Waals surface area contributed by atoms with E-state index in [0.29, 0.717) is 16.5 Å². The van der Waals surface area contributed by atoms with Crippen LogP contribution in [0.25, 0.3) is 0 Å². The van der Waals surface area contributed by atoms with Gasteiger partial charge in [0.1, 0.15) is 11.7 Å². The molecule has 2 aliphatic heterocycles. The van der Waals surface area contributed by atoms with E-state index in [9.17, 15) is 9.59 Å². The number of anilines is 3. The normalized spacial score (nSPS) is 21.7. The lowest BCUT2D eigenvalue weighted by molar-refractivity contribution is -0.126. The summed E-state index contributed by atoms with van der Waals surface area (Å²) in [6, 6.07) is 21.5. The van der Waals surface area contributed by atoms with E-state index >= 15 is 0 Å². The topological polar surface area (TPSA) is 62.3 Å². The molecule has 2 heterocycles. The van der Waals surface area contributed by atoms with Crippen LogP contribution in [-0.4, -0.2) is 39.1 Å². The third-order valence-corrected chi connectivity index (χ3v) is 6.53. The Kier molecular flexibility index (Phi) is 5.67. The first kappa shape index (κ1) is 22.3. The Labute approximate surface area is 203 Å². The molecule has 2 saturated heterocycles. The van der Waals surface area contributed by atoms with Gasteiger partial charge in [-0.05, 0) is 66.2 Å². The molecular formula is C26H24ClN3O4. The van der Waals surface area contributed by atoms with Crippen molar-refractivity contribution >= 4 is 40.5 Å². The van der Waals surface area contributed by atoms with Crippen molar-refractivity contribution in [3.05, 3.63) is 83.4 Å². The van der Waals surface area contributed by atoms with Crippen LogP contribution in [0.2, 0.25) is 5.02 Å². The molecule has 0 bridgehead atoms. The fourth-order valence-corrected chi connectivity index (χ4v) is 4.65. The van der Waals surface area contributed by atoms with Gasteiger partial charge in [-0.1, -0.05) is 23.7 Å². The number of hydrogen-bond donors (Lipinski definition) is 0. The van der Waals surface area contributed by atoms with Gasteiger partial charge in [0.05, 0.1) is 24.5 Å². The number of fused-ring (bicyclic) bond motifs is 1. The molecule has 0 unspecified atom stereocenters. The SMILES string of the molecule is COc1ccc(N2C(=O)[C@@H]3[C@H](ON(c4ccc(Cl)cc4)[C@@H]3c3ccc(N(C)C)cc3)C2=O)cc1. The number of carbonyl (C=O) groups is 2. The van der Waals surface area contributed by atoms with Crippen molar-refractivity contribution in [1.82, 2.24) is 0 Å². The van der Waals surface area contributed by atoms with Crippen LogP contribution in [0.5, 0.6) is 5.75 Å². The van der Waals surface area contributed by atoms with E-state index in [1.165, 1.54) is 4.90 Å². The molecule has 3 aromatic rings. The predicted molar refractivity (Wildman–Crippen MR) is 131 cm³/mol. The molecule has 5 rings (SSSR count). The van der Waals surface area contributed by atoms with Crippen LogP contribution in [0.4, 0.5) is 17.1 Å². The third-order valence-electron chi connectivity index (χ3n) is 6.28. The Morgan fingerprint density at radius 2 is 1.47 bits per heavy atom. The van der Waals surface area contributed by atoms with E-state index in [0.717, 1.165) is 16.9 Å². The first-order chi connectivity index (χ1) is 16.4. The molecule has 174 valence electrons. The Morgan fingerprint density at radius 1 is 0.853 bits per heavy atom. The second-order valence-corrected chi connectivity index (χ2v) is 8.93. The van der Waals surface area contributed by atoms with Crippen molar-refractivity contribution in [2.24, 2.45) is 5.92 Å². The van der Waals surface area contributed by atoms with Crippen molar-refractivity contribution in [2.45, 2.75) is 12.1 Å². The molecule has 0 aliphatic carbocycles. The molecule has 7 nitrogen and oxygen atoms in total. The molecule has 3 atom stereocenters. The zero-order chi connectivity index (χ0) is 24.0. The minimum Gasteiger partial charge on any atom is -0.497 e. The second kappa shape index (κ2) is 8.66. The molecule has 34 heavy (non-hydrogen) atoms. The van der Waals surface area contributed by atoms with Crippen LogP contribution in [0.3, 0.4) is 0 Å². The Hall–Kier alpha value is -3.55. The summed E-state index contributed by atoms with van der Waals surface area (Å²) in [5.74, 6) is -0.729. The summed E-state index contributed by atoms with van der Waals surface area (Å²) in [6.45, 7) is 0. The zero-order valence-corrected chi connectivity index (χ0v) is 19.8. The van der Waals surface area contributed by atoms with Gasteiger partial charge in [0, 0.05) is 24.8 Å². The first-order valence-electron chi connectivity index (χ1n) is 10.9. The Morgan fingerprint density at radius 3 is 2.06 bits per heavy atom. The smallest absolute Gasteiger partial charge is 0.266 e. The van der Waals surface area contributed by atoms with E-state index in [1.54, 1.807) is 48.6 Å². The molecule has 0 aromatic heterocycles. The van der Waals surface area contributed by atoms with Crippen LogP contribution in [-0.2, 0) is 14.4 Å². The van der Waals surface area contributed by atoms with Gasteiger partial charge < -0.3 is 9.64 Å². The summed E-state index contributed by atoms with van der Waals surface area (Å²) < 4.78 is 5.20. The quantitative estimate of drug-likeness (QED) is 0.505. The van der Waals surface area contributed by atoms with Gasteiger partial charge in [0.25, 0.3) is 5.91 Å². The predicted octanol–water partition coefficient (Wildman–Crippen LogP) is 4.47. The van der Waals surface area contributed by atoms with Gasteiger partial charge in [-0.15, -0.1) is 0 Å². The van der Waals surface area contributed by atoms with E-state index in [2.05, 4.69) is 0 Å². The number of carbonyl (C=O) groups excluding carboxylic acids is 2. The standard InChI is InChI=1S/C26H24ClN3O4/c1-28(2)18-8-4-16(5-9-18)23-22-24(34-30(23)20-10-6-17(27)7-11-20)26(32)29(25(22)31)19-12-14-21(33-3)15-13-19/h4-15,22-24H,1-3H3/t22-,23+,24-/m0/s1. The number of methoxy groups -OCH3 is 1. The Bertz CT molecular complexity index is 1210. The number of benzene rings is 3. The number of ether oxygens (including phenoxy) is 1. The number of imide groups is 1. The summed E-state index contributed by atoms with van der Waals surface area (Å²) >= 11 is 6.08. The monoisotopic (exact) mass is 477 g/mol. The lowest BCUT2D eigenvalue weighted by Crippen LogP contribution is -2.37. The fraction of sp³-hybridized carbons (Fsp3) is 0.231. The number of rotatable bonds is 5. The number of hydrogen-bond acceptors (Lipinski definition) is 6. The minimum absolute atomic E-state index is 0.293. The molecule has 2 aliphatic rings. The highest BCUT2D eigenvalue weighted by Crippen LogP contribution is 2.48. The molecule has 8 heteroatoms. The number of amides is 2. The van der Waals surface area contributed by atoms with Crippen molar-refractivity contribution in [2.75, 3.05) is 36.1 Å². The molecule has 0 saturated carbocycles. The minimum atomic E-state index is -0.927. The average molecular weight is 478 g/mol. The lowest BCUT2D eigenvalue weighted by atomic mass is 9.90. The maximum Gasteiger partial charge on any atom is 0.266 e. The van der Waals surface area contributed by atoms with Crippen molar-refractivity contribution < 1.29 is 19.2 Å². The maximum atomic E-state index is 13.7. The highest BCUT2D eigenvalue weighted by molar-refractivity contribution is 6.30. The molecule has 2 amide bonds. The highest BCUT2D eigenvalue weighted by Gasteiger charge is 2.60. The lowest BCUT2D eigenvalue weighted by Gasteiger charge is -2.29. The van der Waals surface area contributed by atoms with Gasteiger partial charge in [-0.3, -0.25) is 14.4 Å². The van der Waals surface area contributed by atoms with E-state index in [1.807, 2.05) is 55.4 Å². The van der Waals surface area contributed by atoms with Crippen LogP contribution in [0, 0.1) is 5.92 Å². The average Bonchev–Trinajstić information content (AvgIpc) is 3.35. The van der Waals surface area contributed by atoms with Crippen molar-refractivity contribution in [3.63, 3.8) is 0 Å². The van der Waals surface area contributed by atoms with Gasteiger partial charge in [0.15, 0.2) is 6.10 Å². The zero-order valence-electron chi connectivity index (χ0n) is 19.0. The Balaban J connectivity index is 1.55. The van der Waals surface area contributed by atoms with E-state index in [4.69, 9.17) is 21.2 Å². The van der Waals surface area contributed by atoms with Crippen LogP contribution in [0.15, 0.2) is 72.8 Å². The summed E-state index contributed by atoms with van der Waals surface area (Å²) in [5.41, 5.74) is 3.13. The summed E-state index contributed by atoms with van der Waals surface area (Å²) in [5, 5.41) is 2.25. The van der Waals surface area contributed by atoms with Gasteiger partial charge in [-0.25, -0.2) is 9.96 Å². The molecule has 0 spiro atoms. The van der Waals surface area contributed by atoms with Gasteiger partial charge >= 0.3 is 0 Å². The van der Waals surface area contributed by atoms with Crippen LogP contribution < -0.4 is 19.6 Å². The number of hydroxylamine groups is 1.